The van der Waals surface area contributed by atoms with Gasteiger partial charge in [0.25, 0.3) is 0 Å². The molecule has 2 aromatic rings. The maximum Gasteiger partial charge on any atom is 0.141 e. The van der Waals surface area contributed by atoms with Gasteiger partial charge in [-0.15, -0.1) is 0 Å². The van der Waals surface area contributed by atoms with Crippen LogP contribution >= 0.6 is 15.9 Å². The number of nitrogens with zero attached hydrogens (tertiary/aromatic N) is 3. The average molecular weight is 306 g/mol. The number of fused-ring (bicyclic) bond motifs is 1. The molecule has 2 heterocycles. The summed E-state index contributed by atoms with van der Waals surface area (Å²) in [6, 6.07) is 8.57. The van der Waals surface area contributed by atoms with Crippen molar-refractivity contribution < 1.29 is 0 Å². The highest BCUT2D eigenvalue weighted by molar-refractivity contribution is 9.10. The molecule has 0 unspecified atom stereocenters. The van der Waals surface area contributed by atoms with Gasteiger partial charge in [0.1, 0.15) is 10.4 Å². The standard InChI is InChI=1S/C14H16BrN3/c1-10-3-5-11(6-4-10)14-16-13(15)12-9-17(2)7-8-18(12)14/h3-6H,7-9H2,1-2H3. The summed E-state index contributed by atoms with van der Waals surface area (Å²) >= 11 is 3.58. The van der Waals surface area contributed by atoms with Crippen molar-refractivity contribution >= 4 is 15.9 Å². The highest BCUT2D eigenvalue weighted by atomic mass is 79.9. The van der Waals surface area contributed by atoms with E-state index in [4.69, 9.17) is 0 Å². The minimum Gasteiger partial charge on any atom is -0.325 e. The summed E-state index contributed by atoms with van der Waals surface area (Å²) < 4.78 is 3.30. The normalized spacial score (nSPS) is 15.7. The Morgan fingerprint density at radius 1 is 1.17 bits per heavy atom. The Balaban J connectivity index is 2.08. The molecule has 0 atom stereocenters. The molecule has 1 aliphatic heterocycles. The van der Waals surface area contributed by atoms with E-state index in [9.17, 15) is 0 Å². The van der Waals surface area contributed by atoms with Crippen LogP contribution in [0.3, 0.4) is 0 Å². The average Bonchev–Trinajstić information content (AvgIpc) is 2.68. The Labute approximate surface area is 116 Å². The third-order valence-electron chi connectivity index (χ3n) is 3.46. The molecule has 0 fully saturated rings. The first-order valence-electron chi connectivity index (χ1n) is 6.15. The van der Waals surface area contributed by atoms with Crippen molar-refractivity contribution in [2.24, 2.45) is 0 Å². The van der Waals surface area contributed by atoms with Crippen molar-refractivity contribution in [3.63, 3.8) is 0 Å². The minimum atomic E-state index is 0.958. The van der Waals surface area contributed by atoms with Crippen molar-refractivity contribution in [3.05, 3.63) is 40.1 Å². The second kappa shape index (κ2) is 4.52. The second-order valence-electron chi connectivity index (χ2n) is 4.93. The lowest BCUT2D eigenvalue weighted by molar-refractivity contribution is 0.270. The zero-order valence-electron chi connectivity index (χ0n) is 10.7. The highest BCUT2D eigenvalue weighted by Gasteiger charge is 2.21. The van der Waals surface area contributed by atoms with Crippen molar-refractivity contribution in [3.8, 4) is 11.4 Å². The molecule has 3 rings (SSSR count). The molecule has 0 bridgehead atoms. The number of rotatable bonds is 1. The summed E-state index contributed by atoms with van der Waals surface area (Å²) in [5.74, 6) is 1.07. The molecule has 0 saturated heterocycles. The van der Waals surface area contributed by atoms with Gasteiger partial charge in [0.05, 0.1) is 5.69 Å². The molecule has 3 nitrogen and oxygen atoms in total. The first-order valence-corrected chi connectivity index (χ1v) is 6.95. The zero-order chi connectivity index (χ0) is 12.7. The van der Waals surface area contributed by atoms with Crippen molar-refractivity contribution in [1.82, 2.24) is 14.5 Å². The SMILES string of the molecule is Cc1ccc(-c2nc(Br)c3n2CCN(C)C3)cc1. The van der Waals surface area contributed by atoms with E-state index in [1.54, 1.807) is 0 Å². The smallest absolute Gasteiger partial charge is 0.141 e. The van der Waals surface area contributed by atoms with Gasteiger partial charge in [0.2, 0.25) is 0 Å². The molecule has 0 aliphatic carbocycles. The van der Waals surface area contributed by atoms with Gasteiger partial charge in [0, 0.05) is 25.2 Å². The van der Waals surface area contributed by atoms with Crippen LogP contribution in [0.5, 0.6) is 0 Å². The van der Waals surface area contributed by atoms with Crippen LogP contribution in [0, 0.1) is 6.92 Å². The molecule has 18 heavy (non-hydrogen) atoms. The Bertz CT molecular complexity index is 571. The number of aryl methyl sites for hydroxylation is 1. The third kappa shape index (κ3) is 1.99. The zero-order valence-corrected chi connectivity index (χ0v) is 12.2. The van der Waals surface area contributed by atoms with Gasteiger partial charge in [-0.25, -0.2) is 4.98 Å². The lowest BCUT2D eigenvalue weighted by Gasteiger charge is -2.25. The summed E-state index contributed by atoms with van der Waals surface area (Å²) in [6.45, 7) is 5.15. The van der Waals surface area contributed by atoms with Crippen LogP contribution < -0.4 is 0 Å². The molecule has 0 spiro atoms. The largest absolute Gasteiger partial charge is 0.325 e. The predicted octanol–water partition coefficient (Wildman–Crippen LogP) is 3.07. The van der Waals surface area contributed by atoms with Crippen LogP contribution in [0.25, 0.3) is 11.4 Å². The number of benzene rings is 1. The van der Waals surface area contributed by atoms with Crippen LogP contribution in [-0.4, -0.2) is 28.0 Å². The number of hydrogen-bond donors (Lipinski definition) is 0. The molecule has 1 aromatic heterocycles. The number of hydrogen-bond acceptors (Lipinski definition) is 2. The van der Waals surface area contributed by atoms with E-state index in [-0.39, 0.29) is 0 Å². The maximum absolute atomic E-state index is 4.68. The fourth-order valence-electron chi connectivity index (χ4n) is 2.38. The van der Waals surface area contributed by atoms with Crippen LogP contribution in [0.1, 0.15) is 11.3 Å². The van der Waals surface area contributed by atoms with Gasteiger partial charge in [-0.3, -0.25) is 4.90 Å². The van der Waals surface area contributed by atoms with Crippen molar-refractivity contribution in [2.75, 3.05) is 13.6 Å². The van der Waals surface area contributed by atoms with E-state index in [0.717, 1.165) is 30.1 Å². The topological polar surface area (TPSA) is 21.1 Å². The van der Waals surface area contributed by atoms with E-state index in [2.05, 4.69) is 68.6 Å². The summed E-state index contributed by atoms with van der Waals surface area (Å²) in [4.78, 5) is 7.00. The van der Waals surface area contributed by atoms with Crippen LogP contribution in [0.4, 0.5) is 0 Å². The van der Waals surface area contributed by atoms with E-state index < -0.39 is 0 Å². The molecule has 0 amide bonds. The summed E-state index contributed by atoms with van der Waals surface area (Å²) in [6.07, 6.45) is 0. The molecule has 4 heteroatoms. The Hall–Kier alpha value is -1.13. The Kier molecular flexibility index (Phi) is 2.99. The number of likely N-dealkylation sites (N-methyl/N-ethyl adjacent to an activating group) is 1. The molecule has 0 radical (unpaired) electrons. The quantitative estimate of drug-likeness (QED) is 0.807. The van der Waals surface area contributed by atoms with Gasteiger partial charge in [-0.05, 0) is 29.9 Å². The molecule has 1 aliphatic rings. The van der Waals surface area contributed by atoms with E-state index in [0.29, 0.717) is 0 Å². The van der Waals surface area contributed by atoms with Gasteiger partial charge in [-0.2, -0.15) is 0 Å². The summed E-state index contributed by atoms with van der Waals surface area (Å²) in [5.41, 5.74) is 3.75. The Morgan fingerprint density at radius 3 is 2.61 bits per heavy atom. The Morgan fingerprint density at radius 2 is 1.89 bits per heavy atom. The monoisotopic (exact) mass is 305 g/mol. The highest BCUT2D eigenvalue weighted by Crippen LogP contribution is 2.28. The van der Waals surface area contributed by atoms with Crippen molar-refractivity contribution in [1.29, 1.82) is 0 Å². The molecule has 0 saturated carbocycles. The third-order valence-corrected chi connectivity index (χ3v) is 4.09. The van der Waals surface area contributed by atoms with Crippen LogP contribution in [-0.2, 0) is 13.1 Å². The first-order chi connectivity index (χ1) is 8.65. The fraction of sp³-hybridized carbons (Fsp3) is 0.357. The lowest BCUT2D eigenvalue weighted by atomic mass is 10.1. The first kappa shape index (κ1) is 11.9. The van der Waals surface area contributed by atoms with Gasteiger partial charge < -0.3 is 4.57 Å². The molecule has 0 N–H and O–H groups in total. The number of aromatic nitrogens is 2. The van der Waals surface area contributed by atoms with Gasteiger partial charge in [0.15, 0.2) is 0 Å². The lowest BCUT2D eigenvalue weighted by Crippen LogP contribution is -2.30. The molecular formula is C14H16BrN3. The van der Waals surface area contributed by atoms with Gasteiger partial charge in [-0.1, -0.05) is 29.8 Å². The number of halogens is 1. The summed E-state index contributed by atoms with van der Waals surface area (Å²) in [5, 5.41) is 0. The van der Waals surface area contributed by atoms with E-state index in [1.807, 2.05) is 0 Å². The minimum absolute atomic E-state index is 0.958. The summed E-state index contributed by atoms with van der Waals surface area (Å²) in [7, 11) is 2.15. The maximum atomic E-state index is 4.68. The molecule has 1 aromatic carbocycles. The van der Waals surface area contributed by atoms with E-state index in [1.165, 1.54) is 16.8 Å². The van der Waals surface area contributed by atoms with E-state index >= 15 is 0 Å². The van der Waals surface area contributed by atoms with Crippen molar-refractivity contribution in [2.45, 2.75) is 20.0 Å². The van der Waals surface area contributed by atoms with Crippen LogP contribution in [0.15, 0.2) is 28.9 Å². The molecule has 94 valence electrons. The van der Waals surface area contributed by atoms with Gasteiger partial charge >= 0.3 is 0 Å². The molecular weight excluding hydrogens is 290 g/mol. The van der Waals surface area contributed by atoms with Crippen LogP contribution in [0.2, 0.25) is 0 Å². The second-order valence-corrected chi connectivity index (χ2v) is 5.68. The number of imidazole rings is 1. The predicted molar refractivity (Wildman–Crippen MR) is 76.4 cm³/mol. The fourth-order valence-corrected chi connectivity index (χ4v) is 2.88.